The third kappa shape index (κ3) is 2.38. The number of amidine groups is 1. The van der Waals surface area contributed by atoms with E-state index in [1.807, 2.05) is 66.7 Å². The Bertz CT molecular complexity index is 680. The van der Waals surface area contributed by atoms with E-state index in [2.05, 4.69) is 0 Å². The molecule has 0 atom stereocenters. The van der Waals surface area contributed by atoms with E-state index in [1.54, 1.807) is 0 Å². The SMILES string of the molecule is N=C1S/C(=C/c2ccccc2)C(=O)N1c1ccccc1. The van der Waals surface area contributed by atoms with E-state index in [0.29, 0.717) is 4.91 Å². The summed E-state index contributed by atoms with van der Waals surface area (Å²) < 4.78 is 0. The van der Waals surface area contributed by atoms with Crippen LogP contribution in [0.3, 0.4) is 0 Å². The van der Waals surface area contributed by atoms with Gasteiger partial charge in [0, 0.05) is 0 Å². The first-order valence-corrected chi connectivity index (χ1v) is 7.00. The van der Waals surface area contributed by atoms with Crippen molar-refractivity contribution >= 4 is 34.6 Å². The van der Waals surface area contributed by atoms with Gasteiger partial charge < -0.3 is 0 Å². The van der Waals surface area contributed by atoms with E-state index >= 15 is 0 Å². The standard InChI is InChI=1S/C16H12N2OS/c17-16-18(13-9-5-2-6-10-13)15(19)14(20-16)11-12-7-3-1-4-8-12/h1-11,17H/b14-11+,17-16?. The van der Waals surface area contributed by atoms with Crippen LogP contribution in [0.15, 0.2) is 65.6 Å². The molecule has 3 nitrogen and oxygen atoms in total. The van der Waals surface area contributed by atoms with Crippen LogP contribution in [0.2, 0.25) is 0 Å². The van der Waals surface area contributed by atoms with Crippen molar-refractivity contribution in [3.8, 4) is 0 Å². The van der Waals surface area contributed by atoms with Crippen LogP contribution in [-0.2, 0) is 4.79 Å². The molecule has 0 bridgehead atoms. The van der Waals surface area contributed by atoms with Crippen LogP contribution in [-0.4, -0.2) is 11.1 Å². The number of nitrogens with zero attached hydrogens (tertiary/aromatic N) is 1. The molecule has 20 heavy (non-hydrogen) atoms. The van der Waals surface area contributed by atoms with Gasteiger partial charge in [0.05, 0.1) is 10.6 Å². The Morgan fingerprint density at radius 2 is 1.55 bits per heavy atom. The van der Waals surface area contributed by atoms with Gasteiger partial charge in [-0.3, -0.25) is 15.1 Å². The first-order valence-electron chi connectivity index (χ1n) is 6.18. The first kappa shape index (κ1) is 12.7. The minimum Gasteiger partial charge on any atom is -0.278 e. The van der Waals surface area contributed by atoms with Gasteiger partial charge in [-0.25, -0.2) is 0 Å². The number of nitrogens with one attached hydrogen (secondary N) is 1. The van der Waals surface area contributed by atoms with Gasteiger partial charge >= 0.3 is 0 Å². The van der Waals surface area contributed by atoms with Crippen molar-refractivity contribution in [1.82, 2.24) is 0 Å². The number of amides is 1. The summed E-state index contributed by atoms with van der Waals surface area (Å²) in [5.41, 5.74) is 1.69. The lowest BCUT2D eigenvalue weighted by atomic mass is 10.2. The first-order chi connectivity index (χ1) is 9.75. The Kier molecular flexibility index (Phi) is 3.39. The van der Waals surface area contributed by atoms with E-state index < -0.39 is 0 Å². The average molecular weight is 280 g/mol. The zero-order chi connectivity index (χ0) is 13.9. The molecule has 1 heterocycles. The summed E-state index contributed by atoms with van der Waals surface area (Å²) in [4.78, 5) is 14.4. The molecule has 1 saturated heterocycles. The second kappa shape index (κ2) is 5.35. The quantitative estimate of drug-likeness (QED) is 0.852. The van der Waals surface area contributed by atoms with Crippen molar-refractivity contribution in [2.45, 2.75) is 0 Å². The van der Waals surface area contributed by atoms with Crippen LogP contribution < -0.4 is 4.90 Å². The number of carbonyl (C=O) groups excluding carboxylic acids is 1. The van der Waals surface area contributed by atoms with Gasteiger partial charge in [0.1, 0.15) is 0 Å². The molecule has 2 aromatic rings. The third-order valence-electron chi connectivity index (χ3n) is 2.94. The summed E-state index contributed by atoms with van der Waals surface area (Å²) in [6, 6.07) is 18.9. The number of hydrogen-bond acceptors (Lipinski definition) is 3. The number of thioether (sulfide) groups is 1. The highest BCUT2D eigenvalue weighted by molar-refractivity contribution is 8.19. The molecular weight excluding hydrogens is 268 g/mol. The summed E-state index contributed by atoms with van der Waals surface area (Å²) in [6.45, 7) is 0. The second-order valence-electron chi connectivity index (χ2n) is 4.30. The van der Waals surface area contributed by atoms with Crippen LogP contribution in [0, 0.1) is 5.41 Å². The monoisotopic (exact) mass is 280 g/mol. The second-order valence-corrected chi connectivity index (χ2v) is 5.33. The summed E-state index contributed by atoms with van der Waals surface area (Å²) in [7, 11) is 0. The number of rotatable bonds is 2. The number of hydrogen-bond donors (Lipinski definition) is 1. The third-order valence-corrected chi connectivity index (χ3v) is 3.82. The van der Waals surface area contributed by atoms with Gasteiger partial charge in [0.25, 0.3) is 5.91 Å². The highest BCUT2D eigenvalue weighted by atomic mass is 32.2. The molecule has 2 aromatic carbocycles. The molecule has 0 spiro atoms. The Hall–Kier alpha value is -2.33. The van der Waals surface area contributed by atoms with Crippen LogP contribution in [0.1, 0.15) is 5.56 Å². The van der Waals surface area contributed by atoms with Crippen molar-refractivity contribution < 1.29 is 4.79 Å². The molecule has 0 radical (unpaired) electrons. The van der Waals surface area contributed by atoms with E-state index in [1.165, 1.54) is 16.7 Å². The van der Waals surface area contributed by atoms with Gasteiger partial charge in [0.2, 0.25) is 0 Å². The number of anilines is 1. The number of benzene rings is 2. The zero-order valence-corrected chi connectivity index (χ0v) is 11.4. The predicted octanol–water partition coefficient (Wildman–Crippen LogP) is 3.74. The fraction of sp³-hybridized carbons (Fsp3) is 0. The summed E-state index contributed by atoms with van der Waals surface area (Å²) >= 11 is 1.19. The molecule has 1 N–H and O–H groups in total. The molecule has 1 fully saturated rings. The van der Waals surface area contributed by atoms with Gasteiger partial charge in [0.15, 0.2) is 5.17 Å². The van der Waals surface area contributed by atoms with Crippen molar-refractivity contribution in [3.63, 3.8) is 0 Å². The minimum atomic E-state index is -0.143. The Labute approximate surface area is 121 Å². The van der Waals surface area contributed by atoms with Crippen LogP contribution in [0.5, 0.6) is 0 Å². The van der Waals surface area contributed by atoms with E-state index in [9.17, 15) is 4.79 Å². The lowest BCUT2D eigenvalue weighted by Gasteiger charge is -2.13. The maximum atomic E-state index is 12.4. The van der Waals surface area contributed by atoms with Gasteiger partial charge in [-0.05, 0) is 35.5 Å². The summed E-state index contributed by atoms with van der Waals surface area (Å²) in [5.74, 6) is -0.143. The fourth-order valence-corrected chi connectivity index (χ4v) is 2.86. The normalized spacial score (nSPS) is 17.0. The van der Waals surface area contributed by atoms with E-state index in [0.717, 1.165) is 11.3 Å². The van der Waals surface area contributed by atoms with Crippen LogP contribution in [0.4, 0.5) is 5.69 Å². The average Bonchev–Trinajstić information content (AvgIpc) is 2.75. The molecule has 1 aliphatic rings. The highest BCUT2D eigenvalue weighted by Gasteiger charge is 2.33. The topological polar surface area (TPSA) is 44.2 Å². The zero-order valence-electron chi connectivity index (χ0n) is 10.6. The van der Waals surface area contributed by atoms with Crippen molar-refractivity contribution in [2.75, 3.05) is 4.90 Å². The van der Waals surface area contributed by atoms with E-state index in [4.69, 9.17) is 5.41 Å². The van der Waals surface area contributed by atoms with Crippen molar-refractivity contribution in [3.05, 3.63) is 71.1 Å². The molecule has 1 amide bonds. The number of carbonyl (C=O) groups is 1. The molecule has 98 valence electrons. The molecule has 0 aliphatic carbocycles. The number of para-hydroxylation sites is 1. The molecule has 0 aromatic heterocycles. The van der Waals surface area contributed by atoms with Gasteiger partial charge in [-0.15, -0.1) is 0 Å². The fourth-order valence-electron chi connectivity index (χ4n) is 2.00. The lowest BCUT2D eigenvalue weighted by Crippen LogP contribution is -2.27. The Morgan fingerprint density at radius 3 is 2.20 bits per heavy atom. The van der Waals surface area contributed by atoms with E-state index in [-0.39, 0.29) is 11.1 Å². The largest absolute Gasteiger partial charge is 0.278 e. The Morgan fingerprint density at radius 1 is 0.950 bits per heavy atom. The summed E-state index contributed by atoms with van der Waals surface area (Å²) in [5, 5.41) is 8.24. The molecule has 0 unspecified atom stereocenters. The maximum absolute atomic E-state index is 12.4. The van der Waals surface area contributed by atoms with Gasteiger partial charge in [-0.2, -0.15) is 0 Å². The predicted molar refractivity (Wildman–Crippen MR) is 83.7 cm³/mol. The lowest BCUT2D eigenvalue weighted by molar-refractivity contribution is -0.113. The molecule has 3 rings (SSSR count). The van der Waals surface area contributed by atoms with Gasteiger partial charge in [-0.1, -0.05) is 48.5 Å². The molecule has 1 aliphatic heterocycles. The minimum absolute atomic E-state index is 0.143. The maximum Gasteiger partial charge on any atom is 0.271 e. The molecule has 0 saturated carbocycles. The highest BCUT2D eigenvalue weighted by Crippen LogP contribution is 2.34. The molecular formula is C16H12N2OS. The molecule has 4 heteroatoms. The van der Waals surface area contributed by atoms with Crippen LogP contribution in [0.25, 0.3) is 6.08 Å². The van der Waals surface area contributed by atoms with Crippen molar-refractivity contribution in [2.24, 2.45) is 0 Å². The smallest absolute Gasteiger partial charge is 0.271 e. The summed E-state index contributed by atoms with van der Waals surface area (Å²) in [6.07, 6.45) is 1.82. The Balaban J connectivity index is 1.93. The van der Waals surface area contributed by atoms with Crippen LogP contribution >= 0.6 is 11.8 Å². The van der Waals surface area contributed by atoms with Crippen molar-refractivity contribution in [1.29, 1.82) is 5.41 Å².